The van der Waals surface area contributed by atoms with Crippen molar-refractivity contribution in [1.29, 1.82) is 0 Å². The zero-order valence-electron chi connectivity index (χ0n) is 11.1. The van der Waals surface area contributed by atoms with E-state index in [1.165, 1.54) is 27.7 Å². The number of hydrogen-bond acceptors (Lipinski definition) is 7. The fourth-order valence-electron chi connectivity index (χ4n) is 1.95. The van der Waals surface area contributed by atoms with Crippen LogP contribution in [0.2, 0.25) is 0 Å². The third kappa shape index (κ3) is 4.27. The average Bonchev–Trinajstić information content (AvgIpc) is 2.45. The van der Waals surface area contributed by atoms with Gasteiger partial charge in [0.05, 0.1) is 17.8 Å². The third-order valence-corrected chi connectivity index (χ3v) is 5.53. The number of nitrogen functional groups attached to an aromatic ring is 1. The smallest absolute Gasteiger partial charge is 0.337 e. The lowest BCUT2D eigenvalue weighted by molar-refractivity contribution is -0.125. The Morgan fingerprint density at radius 2 is 2.19 bits per heavy atom. The molecule has 0 radical (unpaired) electrons. The van der Waals surface area contributed by atoms with Gasteiger partial charge in [-0.2, -0.15) is 0 Å². The number of carboxylic acid groups (broad SMARTS) is 1. The Bertz CT molecular complexity index is 513. The van der Waals surface area contributed by atoms with Gasteiger partial charge in [-0.25, -0.2) is 4.79 Å². The first-order valence-corrected chi connectivity index (χ1v) is 8.71. The van der Waals surface area contributed by atoms with Gasteiger partial charge in [-0.1, -0.05) is 21.6 Å². The van der Waals surface area contributed by atoms with Gasteiger partial charge in [0.2, 0.25) is 0 Å². The van der Waals surface area contributed by atoms with Crippen molar-refractivity contribution in [3.63, 3.8) is 0 Å². The van der Waals surface area contributed by atoms with E-state index in [4.69, 9.17) is 15.6 Å². The van der Waals surface area contributed by atoms with Crippen LogP contribution in [0.5, 0.6) is 0 Å². The fourth-order valence-corrected chi connectivity index (χ4v) is 4.19. The Balaban J connectivity index is 1.89. The summed E-state index contributed by atoms with van der Waals surface area (Å²) in [6, 6.07) is 4.82. The predicted octanol–water partition coefficient (Wildman–Crippen LogP) is 1.22. The van der Waals surface area contributed by atoms with E-state index in [9.17, 15) is 15.0 Å². The van der Waals surface area contributed by atoms with Crippen LogP contribution in [0.25, 0.3) is 0 Å². The highest BCUT2D eigenvalue weighted by atomic mass is 33.1. The topological polar surface area (TPSA) is 113 Å². The molecule has 1 aromatic rings. The van der Waals surface area contributed by atoms with Gasteiger partial charge < -0.3 is 25.8 Å². The van der Waals surface area contributed by atoms with Gasteiger partial charge in [-0.05, 0) is 24.6 Å². The Kier molecular flexibility index (Phi) is 5.77. The van der Waals surface area contributed by atoms with Crippen molar-refractivity contribution in [2.45, 2.75) is 29.6 Å². The van der Waals surface area contributed by atoms with E-state index >= 15 is 0 Å². The molecule has 21 heavy (non-hydrogen) atoms. The molecule has 8 heteroatoms. The van der Waals surface area contributed by atoms with Crippen LogP contribution in [-0.4, -0.2) is 52.0 Å². The molecule has 2 rings (SSSR count). The lowest BCUT2D eigenvalue weighted by Crippen LogP contribution is -2.45. The number of carboxylic acids is 1. The number of ether oxygens (including phenoxy) is 1. The molecule has 6 nitrogen and oxygen atoms in total. The molecule has 1 aliphatic rings. The Morgan fingerprint density at radius 1 is 1.43 bits per heavy atom. The highest BCUT2D eigenvalue weighted by molar-refractivity contribution is 8.76. The molecule has 0 bridgehead atoms. The van der Waals surface area contributed by atoms with Gasteiger partial charge in [0.1, 0.15) is 6.10 Å². The van der Waals surface area contributed by atoms with Crippen molar-refractivity contribution < 1.29 is 24.9 Å². The van der Waals surface area contributed by atoms with Crippen molar-refractivity contribution >= 4 is 33.2 Å². The number of anilines is 1. The van der Waals surface area contributed by atoms with Gasteiger partial charge in [0, 0.05) is 22.9 Å². The minimum Gasteiger partial charge on any atom is -0.478 e. The molecule has 0 aliphatic carbocycles. The van der Waals surface area contributed by atoms with Crippen LogP contribution in [-0.2, 0) is 4.74 Å². The number of nitrogens with two attached hydrogens (primary N) is 1. The molecule has 1 heterocycles. The second-order valence-corrected chi connectivity index (χ2v) is 7.09. The number of benzene rings is 1. The SMILES string of the molecule is Nc1ccc(SSC[C@H]2OCC[C@@H](O)[C@H]2O)cc1C(=O)O. The summed E-state index contributed by atoms with van der Waals surface area (Å²) in [6.45, 7) is 0.430. The van der Waals surface area contributed by atoms with Crippen molar-refractivity contribution in [1.82, 2.24) is 0 Å². The molecule has 3 atom stereocenters. The van der Waals surface area contributed by atoms with E-state index in [0.29, 0.717) is 18.8 Å². The molecule has 1 aliphatic heterocycles. The van der Waals surface area contributed by atoms with E-state index < -0.39 is 24.3 Å². The predicted molar refractivity (Wildman–Crippen MR) is 82.5 cm³/mol. The van der Waals surface area contributed by atoms with Crippen molar-refractivity contribution in [2.24, 2.45) is 0 Å². The van der Waals surface area contributed by atoms with Gasteiger partial charge in [0.25, 0.3) is 0 Å². The van der Waals surface area contributed by atoms with Crippen molar-refractivity contribution in [3.05, 3.63) is 23.8 Å². The van der Waals surface area contributed by atoms with Crippen molar-refractivity contribution in [3.8, 4) is 0 Å². The first-order valence-electron chi connectivity index (χ1n) is 6.39. The van der Waals surface area contributed by atoms with Crippen LogP contribution in [0.15, 0.2) is 23.1 Å². The maximum absolute atomic E-state index is 11.0. The van der Waals surface area contributed by atoms with Crippen LogP contribution in [0, 0.1) is 0 Å². The number of aliphatic hydroxyl groups is 2. The number of aromatic carboxylic acids is 1. The number of carbonyl (C=O) groups is 1. The van der Waals surface area contributed by atoms with E-state index in [2.05, 4.69) is 0 Å². The number of aliphatic hydroxyl groups excluding tert-OH is 2. The molecule has 116 valence electrons. The zero-order valence-corrected chi connectivity index (χ0v) is 12.8. The lowest BCUT2D eigenvalue weighted by Gasteiger charge is -2.31. The van der Waals surface area contributed by atoms with Crippen LogP contribution in [0.4, 0.5) is 5.69 Å². The van der Waals surface area contributed by atoms with Crippen LogP contribution in [0.1, 0.15) is 16.8 Å². The Labute approximate surface area is 130 Å². The summed E-state index contributed by atoms with van der Waals surface area (Å²) in [7, 11) is 2.81. The molecule has 0 spiro atoms. The number of hydrogen-bond donors (Lipinski definition) is 4. The summed E-state index contributed by atoms with van der Waals surface area (Å²) in [5.74, 6) is -0.565. The summed E-state index contributed by atoms with van der Waals surface area (Å²) in [5.41, 5.74) is 5.89. The normalized spacial score (nSPS) is 25.7. The summed E-state index contributed by atoms with van der Waals surface area (Å²) in [5, 5.41) is 28.4. The average molecular weight is 331 g/mol. The summed E-state index contributed by atoms with van der Waals surface area (Å²) in [4.78, 5) is 11.8. The van der Waals surface area contributed by atoms with Crippen LogP contribution >= 0.6 is 21.6 Å². The molecule has 5 N–H and O–H groups in total. The maximum atomic E-state index is 11.0. The third-order valence-electron chi connectivity index (χ3n) is 3.16. The van der Waals surface area contributed by atoms with Crippen LogP contribution in [0.3, 0.4) is 0 Å². The molecule has 1 fully saturated rings. The van der Waals surface area contributed by atoms with E-state index in [-0.39, 0.29) is 11.3 Å². The zero-order chi connectivity index (χ0) is 15.4. The maximum Gasteiger partial charge on any atom is 0.337 e. The second kappa shape index (κ2) is 7.37. The first kappa shape index (κ1) is 16.4. The minimum absolute atomic E-state index is 0.0740. The van der Waals surface area contributed by atoms with Crippen molar-refractivity contribution in [2.75, 3.05) is 18.1 Å². The van der Waals surface area contributed by atoms with Gasteiger partial charge in [-0.15, -0.1) is 0 Å². The molecular formula is C13H17NO5S2. The van der Waals surface area contributed by atoms with Gasteiger partial charge in [-0.3, -0.25) is 0 Å². The largest absolute Gasteiger partial charge is 0.478 e. The van der Waals surface area contributed by atoms with E-state index in [1.807, 2.05) is 0 Å². The molecule has 0 aromatic heterocycles. The molecular weight excluding hydrogens is 314 g/mol. The Morgan fingerprint density at radius 3 is 2.90 bits per heavy atom. The highest BCUT2D eigenvalue weighted by Gasteiger charge is 2.31. The Hall–Kier alpha value is -0.930. The van der Waals surface area contributed by atoms with Gasteiger partial charge in [0.15, 0.2) is 0 Å². The van der Waals surface area contributed by atoms with E-state index in [1.54, 1.807) is 12.1 Å². The molecule has 0 amide bonds. The standard InChI is InChI=1S/C13H17NO5S2/c14-9-2-1-7(5-8(9)13(17)18)21-20-6-11-12(16)10(15)3-4-19-11/h1-2,5,10-12,15-16H,3-4,6,14H2,(H,17,18)/t10-,11-,12-/m1/s1. The summed E-state index contributed by atoms with van der Waals surface area (Å²) >= 11 is 0. The summed E-state index contributed by atoms with van der Waals surface area (Å²) < 4.78 is 5.42. The fraction of sp³-hybridized carbons (Fsp3) is 0.462. The first-order chi connectivity index (χ1) is 9.99. The second-order valence-electron chi connectivity index (χ2n) is 4.68. The number of rotatable bonds is 5. The molecule has 1 aromatic carbocycles. The molecule has 1 saturated heterocycles. The monoisotopic (exact) mass is 331 g/mol. The summed E-state index contributed by atoms with van der Waals surface area (Å²) in [6.07, 6.45) is -1.61. The quantitative estimate of drug-likeness (QED) is 0.470. The van der Waals surface area contributed by atoms with Crippen LogP contribution < -0.4 is 5.73 Å². The minimum atomic E-state index is -1.06. The molecule has 0 saturated carbocycles. The molecule has 0 unspecified atom stereocenters. The highest BCUT2D eigenvalue weighted by Crippen LogP contribution is 2.34. The lowest BCUT2D eigenvalue weighted by atomic mass is 10.0. The van der Waals surface area contributed by atoms with E-state index in [0.717, 1.165) is 4.90 Å². The van der Waals surface area contributed by atoms with Gasteiger partial charge >= 0.3 is 5.97 Å².